The summed E-state index contributed by atoms with van der Waals surface area (Å²) in [7, 11) is 3.36. The Hall–Kier alpha value is -2.54. The number of aromatic nitrogens is 1. The molecule has 0 spiro atoms. The highest BCUT2D eigenvalue weighted by molar-refractivity contribution is 6.11. The highest BCUT2D eigenvalue weighted by atomic mass is 16.5. The Morgan fingerprint density at radius 1 is 1.36 bits per heavy atom. The van der Waals surface area contributed by atoms with Crippen molar-refractivity contribution in [2.75, 3.05) is 32.6 Å². The topological polar surface area (TPSA) is 97.0 Å². The van der Waals surface area contributed by atoms with E-state index in [1.54, 1.807) is 44.6 Å². The number of ether oxygens (including phenoxy) is 2. The molecule has 4 N–H and O–H groups in total. The fourth-order valence-corrected chi connectivity index (χ4v) is 2.16. The van der Waals surface area contributed by atoms with Gasteiger partial charge in [-0.3, -0.25) is 4.79 Å². The first kappa shape index (κ1) is 15.8. The van der Waals surface area contributed by atoms with Crippen LogP contribution in [0.2, 0.25) is 0 Å². The van der Waals surface area contributed by atoms with Gasteiger partial charge in [-0.1, -0.05) is 0 Å². The summed E-state index contributed by atoms with van der Waals surface area (Å²) in [5, 5.41) is 5.21. The first-order chi connectivity index (χ1) is 10.6. The molecule has 0 aliphatic rings. The van der Waals surface area contributed by atoms with Gasteiger partial charge in [0.2, 0.25) is 0 Å². The minimum Gasteiger partial charge on any atom is -0.497 e. The number of nitrogens with two attached hydrogens (primary N) is 1. The lowest BCUT2D eigenvalue weighted by Gasteiger charge is -2.06. The van der Waals surface area contributed by atoms with Crippen LogP contribution in [0.25, 0.3) is 10.9 Å². The standard InChI is InChI=1S/C15H19N3O4/c1-4-22-15(20)14-13(18-12(19)8-16-2)10-7-9(21-3)5-6-11(10)17-14/h5-7,16-17H,4,8H2,1-3H3,(H,18,19)/p+1. The molecule has 7 heteroatoms. The quantitative estimate of drug-likeness (QED) is 0.676. The Morgan fingerprint density at radius 2 is 2.14 bits per heavy atom. The normalized spacial score (nSPS) is 10.5. The Labute approximate surface area is 128 Å². The number of H-pyrrole nitrogens is 1. The van der Waals surface area contributed by atoms with Gasteiger partial charge in [0.1, 0.15) is 11.4 Å². The third-order valence-corrected chi connectivity index (χ3v) is 3.14. The van der Waals surface area contributed by atoms with Crippen LogP contribution in [-0.4, -0.2) is 44.2 Å². The van der Waals surface area contributed by atoms with E-state index in [1.807, 2.05) is 0 Å². The van der Waals surface area contributed by atoms with Gasteiger partial charge >= 0.3 is 5.97 Å². The van der Waals surface area contributed by atoms with Crippen LogP contribution in [0.3, 0.4) is 0 Å². The van der Waals surface area contributed by atoms with E-state index in [0.717, 1.165) is 5.52 Å². The lowest BCUT2D eigenvalue weighted by molar-refractivity contribution is -0.615. The SMILES string of the molecule is CCOC(=O)c1[nH]c2ccc(OC)cc2c1NC(=O)C[NH2+]C. The van der Waals surface area contributed by atoms with E-state index < -0.39 is 5.97 Å². The van der Waals surface area contributed by atoms with E-state index in [-0.39, 0.29) is 24.8 Å². The van der Waals surface area contributed by atoms with Crippen molar-refractivity contribution in [1.29, 1.82) is 0 Å². The average molecular weight is 306 g/mol. The van der Waals surface area contributed by atoms with Crippen LogP contribution in [0.4, 0.5) is 5.69 Å². The van der Waals surface area contributed by atoms with Gasteiger partial charge in [0, 0.05) is 10.9 Å². The molecular weight excluding hydrogens is 286 g/mol. The highest BCUT2D eigenvalue weighted by Crippen LogP contribution is 2.31. The fourth-order valence-electron chi connectivity index (χ4n) is 2.16. The second-order valence-corrected chi connectivity index (χ2v) is 4.67. The molecule has 0 saturated carbocycles. The molecule has 0 aliphatic heterocycles. The van der Waals surface area contributed by atoms with Crippen molar-refractivity contribution < 1.29 is 24.4 Å². The third-order valence-electron chi connectivity index (χ3n) is 3.14. The zero-order valence-electron chi connectivity index (χ0n) is 12.9. The maximum absolute atomic E-state index is 12.1. The number of nitrogens with one attached hydrogen (secondary N) is 2. The fraction of sp³-hybridized carbons (Fsp3) is 0.333. The molecular formula is C15H20N3O4+. The van der Waals surface area contributed by atoms with E-state index in [0.29, 0.717) is 16.8 Å². The molecule has 0 aliphatic carbocycles. The number of hydrogen-bond acceptors (Lipinski definition) is 4. The molecule has 118 valence electrons. The molecule has 0 saturated heterocycles. The Bertz CT molecular complexity index is 693. The number of rotatable bonds is 6. The minimum atomic E-state index is -0.506. The molecule has 0 unspecified atom stereocenters. The molecule has 0 fully saturated rings. The Morgan fingerprint density at radius 3 is 2.77 bits per heavy atom. The smallest absolute Gasteiger partial charge is 0.356 e. The number of esters is 1. The number of fused-ring (bicyclic) bond motifs is 1. The Kier molecular flexibility index (Phi) is 5.00. The van der Waals surface area contributed by atoms with E-state index in [4.69, 9.17) is 9.47 Å². The second-order valence-electron chi connectivity index (χ2n) is 4.67. The molecule has 0 radical (unpaired) electrons. The van der Waals surface area contributed by atoms with E-state index in [9.17, 15) is 9.59 Å². The number of methoxy groups -OCH3 is 1. The van der Waals surface area contributed by atoms with Crippen LogP contribution < -0.4 is 15.4 Å². The lowest BCUT2D eigenvalue weighted by Crippen LogP contribution is -2.82. The van der Waals surface area contributed by atoms with E-state index in [1.165, 1.54) is 0 Å². The molecule has 2 rings (SSSR count). The van der Waals surface area contributed by atoms with E-state index in [2.05, 4.69) is 10.3 Å². The maximum atomic E-state index is 12.1. The molecule has 1 aromatic heterocycles. The molecule has 22 heavy (non-hydrogen) atoms. The van der Waals surface area contributed by atoms with Gasteiger partial charge < -0.3 is 25.1 Å². The Balaban J connectivity index is 2.51. The summed E-state index contributed by atoms with van der Waals surface area (Å²) in [6.45, 7) is 2.25. The van der Waals surface area contributed by atoms with Crippen LogP contribution in [0.15, 0.2) is 18.2 Å². The van der Waals surface area contributed by atoms with Gasteiger partial charge in [0.25, 0.3) is 5.91 Å². The number of amides is 1. The summed E-state index contributed by atoms with van der Waals surface area (Å²) >= 11 is 0. The van der Waals surface area contributed by atoms with Crippen molar-refractivity contribution in [2.24, 2.45) is 0 Å². The van der Waals surface area contributed by atoms with Gasteiger partial charge in [-0.05, 0) is 25.1 Å². The summed E-state index contributed by atoms with van der Waals surface area (Å²) in [6, 6.07) is 5.33. The third kappa shape index (κ3) is 3.20. The summed E-state index contributed by atoms with van der Waals surface area (Å²) in [5.74, 6) is -0.0651. The van der Waals surface area contributed by atoms with Crippen LogP contribution in [0, 0.1) is 0 Å². The van der Waals surface area contributed by atoms with Crippen molar-refractivity contribution in [3.8, 4) is 5.75 Å². The maximum Gasteiger partial charge on any atom is 0.356 e. The zero-order chi connectivity index (χ0) is 16.1. The second kappa shape index (κ2) is 6.95. The van der Waals surface area contributed by atoms with E-state index >= 15 is 0 Å². The van der Waals surface area contributed by atoms with Gasteiger partial charge in [-0.25, -0.2) is 4.79 Å². The average Bonchev–Trinajstić information content (AvgIpc) is 2.85. The van der Waals surface area contributed by atoms with Crippen molar-refractivity contribution in [3.05, 3.63) is 23.9 Å². The number of carbonyl (C=O) groups is 2. The largest absolute Gasteiger partial charge is 0.497 e. The molecule has 1 heterocycles. The van der Waals surface area contributed by atoms with Gasteiger partial charge in [-0.15, -0.1) is 0 Å². The van der Waals surface area contributed by atoms with Gasteiger partial charge in [-0.2, -0.15) is 0 Å². The van der Waals surface area contributed by atoms with Crippen LogP contribution >= 0.6 is 0 Å². The highest BCUT2D eigenvalue weighted by Gasteiger charge is 2.21. The zero-order valence-corrected chi connectivity index (χ0v) is 12.9. The van der Waals surface area contributed by atoms with Crippen LogP contribution in [-0.2, 0) is 9.53 Å². The number of anilines is 1. The number of aromatic amines is 1. The van der Waals surface area contributed by atoms with Crippen molar-refractivity contribution in [2.45, 2.75) is 6.92 Å². The molecule has 7 nitrogen and oxygen atoms in total. The number of carbonyl (C=O) groups excluding carboxylic acids is 2. The first-order valence-electron chi connectivity index (χ1n) is 7.05. The first-order valence-corrected chi connectivity index (χ1v) is 7.05. The van der Waals surface area contributed by atoms with Gasteiger partial charge in [0.15, 0.2) is 6.54 Å². The van der Waals surface area contributed by atoms with Gasteiger partial charge in [0.05, 0.1) is 26.5 Å². The summed E-state index contributed by atoms with van der Waals surface area (Å²) < 4.78 is 10.2. The van der Waals surface area contributed by atoms with Crippen molar-refractivity contribution in [3.63, 3.8) is 0 Å². The van der Waals surface area contributed by atoms with Crippen LogP contribution in [0.5, 0.6) is 5.75 Å². The number of quaternary nitrogens is 1. The number of hydrogen-bond donors (Lipinski definition) is 3. The van der Waals surface area contributed by atoms with Crippen LogP contribution in [0.1, 0.15) is 17.4 Å². The summed E-state index contributed by atoms with van der Waals surface area (Å²) in [4.78, 5) is 27.0. The molecule has 1 aromatic carbocycles. The molecule has 2 aromatic rings. The monoisotopic (exact) mass is 306 g/mol. The van der Waals surface area contributed by atoms with Crippen molar-refractivity contribution in [1.82, 2.24) is 4.98 Å². The summed E-state index contributed by atoms with van der Waals surface area (Å²) in [6.07, 6.45) is 0. The summed E-state index contributed by atoms with van der Waals surface area (Å²) in [5.41, 5.74) is 1.37. The molecule has 1 amide bonds. The lowest BCUT2D eigenvalue weighted by atomic mass is 10.2. The molecule has 0 bridgehead atoms. The predicted molar refractivity (Wildman–Crippen MR) is 82.2 cm³/mol. The minimum absolute atomic E-state index is 0.197. The predicted octanol–water partition coefficient (Wildman–Crippen LogP) is 0.485. The molecule has 0 atom stereocenters. The number of benzene rings is 1. The number of likely N-dealkylation sites (N-methyl/N-ethyl adjacent to an activating group) is 1. The van der Waals surface area contributed by atoms with Crippen molar-refractivity contribution >= 4 is 28.5 Å².